The summed E-state index contributed by atoms with van der Waals surface area (Å²) >= 11 is 0. The molecule has 1 saturated carbocycles. The smallest absolute Gasteiger partial charge is 0.124 e. The van der Waals surface area contributed by atoms with E-state index in [1.54, 1.807) is 0 Å². The molecule has 3 rings (SSSR count). The maximum atomic E-state index is 6.04. The average molecular weight is 309 g/mol. The van der Waals surface area contributed by atoms with Crippen LogP contribution in [0, 0.1) is 5.92 Å². The van der Waals surface area contributed by atoms with Gasteiger partial charge in [0.05, 0.1) is 0 Å². The summed E-state index contributed by atoms with van der Waals surface area (Å²) in [4.78, 5) is 0. The molecular weight excluding hydrogens is 282 g/mol. The minimum atomic E-state index is 0.623. The minimum absolute atomic E-state index is 0.623. The van der Waals surface area contributed by atoms with E-state index in [1.807, 2.05) is 12.1 Å². The summed E-state index contributed by atoms with van der Waals surface area (Å²) in [5.74, 6) is 1.85. The SMILES string of the molecule is CC1CCCC(NCc2ccccc2OCc2ccccc2)C1. The van der Waals surface area contributed by atoms with Crippen LogP contribution in [0.5, 0.6) is 5.75 Å². The van der Waals surface area contributed by atoms with Crippen LogP contribution in [0.1, 0.15) is 43.7 Å². The van der Waals surface area contributed by atoms with Crippen LogP contribution in [0.2, 0.25) is 0 Å². The zero-order chi connectivity index (χ0) is 15.9. The fourth-order valence-corrected chi connectivity index (χ4v) is 3.40. The van der Waals surface area contributed by atoms with Gasteiger partial charge in [-0.25, -0.2) is 0 Å². The fourth-order valence-electron chi connectivity index (χ4n) is 3.40. The third-order valence-electron chi connectivity index (χ3n) is 4.73. The highest BCUT2D eigenvalue weighted by Crippen LogP contribution is 2.25. The molecule has 0 heterocycles. The molecule has 0 aromatic heterocycles. The van der Waals surface area contributed by atoms with Crippen LogP contribution in [0.15, 0.2) is 54.6 Å². The number of ether oxygens (including phenoxy) is 1. The van der Waals surface area contributed by atoms with Gasteiger partial charge in [0.25, 0.3) is 0 Å². The zero-order valence-electron chi connectivity index (χ0n) is 14.0. The molecule has 2 unspecified atom stereocenters. The molecule has 2 aromatic rings. The lowest BCUT2D eigenvalue weighted by atomic mass is 9.87. The Morgan fingerprint density at radius 1 is 1.00 bits per heavy atom. The molecule has 1 N–H and O–H groups in total. The van der Waals surface area contributed by atoms with E-state index in [9.17, 15) is 0 Å². The number of hydrogen-bond donors (Lipinski definition) is 1. The summed E-state index contributed by atoms with van der Waals surface area (Å²) in [5.41, 5.74) is 2.46. The summed E-state index contributed by atoms with van der Waals surface area (Å²) < 4.78 is 6.04. The lowest BCUT2D eigenvalue weighted by Crippen LogP contribution is -2.33. The van der Waals surface area contributed by atoms with Crippen molar-refractivity contribution < 1.29 is 4.74 Å². The quantitative estimate of drug-likeness (QED) is 0.816. The van der Waals surface area contributed by atoms with Gasteiger partial charge in [-0.2, -0.15) is 0 Å². The first-order valence-corrected chi connectivity index (χ1v) is 8.79. The zero-order valence-corrected chi connectivity index (χ0v) is 14.0. The second kappa shape index (κ2) is 8.16. The molecule has 0 saturated heterocycles. The topological polar surface area (TPSA) is 21.3 Å². The molecule has 2 heteroatoms. The van der Waals surface area contributed by atoms with E-state index in [-0.39, 0.29) is 0 Å². The van der Waals surface area contributed by atoms with Gasteiger partial charge in [-0.1, -0.05) is 68.3 Å². The van der Waals surface area contributed by atoms with Crippen LogP contribution in [0.3, 0.4) is 0 Å². The molecule has 0 spiro atoms. The van der Waals surface area contributed by atoms with E-state index in [2.05, 4.69) is 54.7 Å². The highest BCUT2D eigenvalue weighted by atomic mass is 16.5. The standard InChI is InChI=1S/C21H27NO/c1-17-8-7-12-20(14-17)22-15-19-11-5-6-13-21(19)23-16-18-9-3-2-4-10-18/h2-6,9-11,13,17,20,22H,7-8,12,14-16H2,1H3. The van der Waals surface area contributed by atoms with Crippen molar-refractivity contribution in [2.75, 3.05) is 0 Å². The van der Waals surface area contributed by atoms with Crippen LogP contribution in [-0.2, 0) is 13.2 Å². The van der Waals surface area contributed by atoms with Crippen molar-refractivity contribution in [2.24, 2.45) is 5.92 Å². The first-order valence-electron chi connectivity index (χ1n) is 8.79. The van der Waals surface area contributed by atoms with Gasteiger partial charge in [0.1, 0.15) is 12.4 Å². The first kappa shape index (κ1) is 16.1. The Balaban J connectivity index is 1.57. The number of benzene rings is 2. The Morgan fingerprint density at radius 2 is 1.78 bits per heavy atom. The molecule has 2 aromatic carbocycles. The van der Waals surface area contributed by atoms with Crippen molar-refractivity contribution >= 4 is 0 Å². The second-order valence-electron chi connectivity index (χ2n) is 6.73. The number of rotatable bonds is 6. The van der Waals surface area contributed by atoms with E-state index in [1.165, 1.54) is 36.8 Å². The maximum Gasteiger partial charge on any atom is 0.124 e. The number of para-hydroxylation sites is 1. The van der Waals surface area contributed by atoms with Gasteiger partial charge in [-0.05, 0) is 30.4 Å². The van der Waals surface area contributed by atoms with E-state index in [4.69, 9.17) is 4.74 Å². The molecule has 23 heavy (non-hydrogen) atoms. The van der Waals surface area contributed by atoms with Gasteiger partial charge >= 0.3 is 0 Å². The van der Waals surface area contributed by atoms with Gasteiger partial charge in [-0.3, -0.25) is 0 Å². The third kappa shape index (κ3) is 4.84. The molecule has 1 aliphatic carbocycles. The molecule has 0 aliphatic heterocycles. The molecule has 0 amide bonds. The van der Waals surface area contributed by atoms with Gasteiger partial charge < -0.3 is 10.1 Å². The molecule has 122 valence electrons. The number of hydrogen-bond acceptors (Lipinski definition) is 2. The largest absolute Gasteiger partial charge is 0.489 e. The van der Waals surface area contributed by atoms with E-state index < -0.39 is 0 Å². The average Bonchev–Trinajstić information content (AvgIpc) is 2.60. The normalized spacial score (nSPS) is 21.1. The minimum Gasteiger partial charge on any atom is -0.489 e. The summed E-state index contributed by atoms with van der Waals surface area (Å²) in [6.07, 6.45) is 5.34. The van der Waals surface area contributed by atoms with E-state index in [0.29, 0.717) is 12.6 Å². The molecular formula is C21H27NO. The number of nitrogens with one attached hydrogen (secondary N) is 1. The summed E-state index contributed by atoms with van der Waals surface area (Å²) in [6.45, 7) is 3.88. The first-order chi connectivity index (χ1) is 11.3. The van der Waals surface area contributed by atoms with Gasteiger partial charge in [0, 0.05) is 18.2 Å². The van der Waals surface area contributed by atoms with Gasteiger partial charge in [-0.15, -0.1) is 0 Å². The highest BCUT2D eigenvalue weighted by Gasteiger charge is 2.18. The molecule has 1 aliphatic rings. The predicted molar refractivity (Wildman–Crippen MR) is 95.5 cm³/mol. The Bertz CT molecular complexity index is 596. The molecule has 2 nitrogen and oxygen atoms in total. The predicted octanol–water partition coefficient (Wildman–Crippen LogP) is 4.93. The van der Waals surface area contributed by atoms with Crippen molar-refractivity contribution in [3.8, 4) is 5.75 Å². The Hall–Kier alpha value is -1.80. The summed E-state index contributed by atoms with van der Waals surface area (Å²) in [5, 5.41) is 3.73. The Kier molecular flexibility index (Phi) is 5.71. The highest BCUT2D eigenvalue weighted by molar-refractivity contribution is 5.33. The van der Waals surface area contributed by atoms with Crippen LogP contribution in [0.4, 0.5) is 0 Å². The van der Waals surface area contributed by atoms with Gasteiger partial charge in [0.15, 0.2) is 0 Å². The molecule has 0 radical (unpaired) electrons. The molecule has 1 fully saturated rings. The monoisotopic (exact) mass is 309 g/mol. The van der Waals surface area contributed by atoms with E-state index in [0.717, 1.165) is 18.2 Å². The molecule has 2 atom stereocenters. The van der Waals surface area contributed by atoms with Crippen molar-refractivity contribution in [3.05, 3.63) is 65.7 Å². The third-order valence-corrected chi connectivity index (χ3v) is 4.73. The maximum absolute atomic E-state index is 6.04. The van der Waals surface area contributed by atoms with Crippen LogP contribution < -0.4 is 10.1 Å². The Labute approximate surface area is 139 Å². The lowest BCUT2D eigenvalue weighted by molar-refractivity contribution is 0.289. The van der Waals surface area contributed by atoms with Crippen molar-refractivity contribution in [2.45, 2.75) is 51.8 Å². The lowest BCUT2D eigenvalue weighted by Gasteiger charge is -2.27. The van der Waals surface area contributed by atoms with Crippen LogP contribution in [0.25, 0.3) is 0 Å². The summed E-state index contributed by atoms with van der Waals surface area (Å²) in [6, 6.07) is 19.4. The summed E-state index contributed by atoms with van der Waals surface area (Å²) in [7, 11) is 0. The van der Waals surface area contributed by atoms with Crippen LogP contribution >= 0.6 is 0 Å². The van der Waals surface area contributed by atoms with Crippen LogP contribution in [-0.4, -0.2) is 6.04 Å². The van der Waals surface area contributed by atoms with Crippen molar-refractivity contribution in [3.63, 3.8) is 0 Å². The van der Waals surface area contributed by atoms with Crippen molar-refractivity contribution in [1.29, 1.82) is 0 Å². The fraction of sp³-hybridized carbons (Fsp3) is 0.429. The van der Waals surface area contributed by atoms with Gasteiger partial charge in [0.2, 0.25) is 0 Å². The second-order valence-corrected chi connectivity index (χ2v) is 6.73. The molecule has 0 bridgehead atoms. The Morgan fingerprint density at radius 3 is 2.61 bits per heavy atom. The van der Waals surface area contributed by atoms with E-state index >= 15 is 0 Å². The van der Waals surface area contributed by atoms with Crippen molar-refractivity contribution in [1.82, 2.24) is 5.32 Å².